The van der Waals surface area contributed by atoms with Crippen LogP contribution >= 0.6 is 24.8 Å². The van der Waals surface area contributed by atoms with Crippen LogP contribution in [0, 0.1) is 0 Å². The molecule has 1 aromatic rings. The largest absolute Gasteiger partial charge is 0.497 e. The van der Waals surface area contributed by atoms with Crippen molar-refractivity contribution >= 4 is 24.8 Å². The van der Waals surface area contributed by atoms with Crippen molar-refractivity contribution in [2.24, 2.45) is 0 Å². The highest BCUT2D eigenvalue weighted by Crippen LogP contribution is 2.17. The van der Waals surface area contributed by atoms with Gasteiger partial charge in [-0.1, -0.05) is 0 Å². The van der Waals surface area contributed by atoms with Crippen LogP contribution in [0.1, 0.15) is 6.42 Å². The molecule has 1 fully saturated rings. The number of ether oxygens (including phenoxy) is 2. The van der Waals surface area contributed by atoms with E-state index in [1.54, 1.807) is 7.11 Å². The van der Waals surface area contributed by atoms with Crippen LogP contribution in [-0.4, -0.2) is 39.4 Å². The second kappa shape index (κ2) is 10.1. The summed E-state index contributed by atoms with van der Waals surface area (Å²) in [5.74, 6) is 1.75. The first kappa shape index (κ1) is 18.3. The lowest BCUT2D eigenvalue weighted by molar-refractivity contribution is 0.273. The van der Waals surface area contributed by atoms with Crippen LogP contribution in [0.3, 0.4) is 0 Å². The maximum absolute atomic E-state index is 5.68. The van der Waals surface area contributed by atoms with Crippen LogP contribution in [-0.2, 0) is 0 Å². The first-order valence-corrected chi connectivity index (χ1v) is 6.09. The molecule has 1 aliphatic heterocycles. The fourth-order valence-corrected chi connectivity index (χ4v) is 1.91. The van der Waals surface area contributed by atoms with Crippen molar-refractivity contribution in [2.75, 3.05) is 33.4 Å². The van der Waals surface area contributed by atoms with E-state index in [1.165, 1.54) is 0 Å². The minimum atomic E-state index is 0. The van der Waals surface area contributed by atoms with Crippen molar-refractivity contribution in [3.05, 3.63) is 24.3 Å². The van der Waals surface area contributed by atoms with Crippen LogP contribution in [0.15, 0.2) is 24.3 Å². The van der Waals surface area contributed by atoms with Gasteiger partial charge in [0.1, 0.15) is 11.5 Å². The Morgan fingerprint density at radius 1 is 1.11 bits per heavy atom. The van der Waals surface area contributed by atoms with Crippen molar-refractivity contribution in [1.82, 2.24) is 10.6 Å². The molecule has 19 heavy (non-hydrogen) atoms. The molecule has 110 valence electrons. The van der Waals surface area contributed by atoms with Crippen molar-refractivity contribution in [1.29, 1.82) is 0 Å². The normalized spacial score (nSPS) is 17.8. The topological polar surface area (TPSA) is 42.5 Å². The number of hydrogen-bond donors (Lipinski definition) is 2. The van der Waals surface area contributed by atoms with Crippen LogP contribution in [0.4, 0.5) is 0 Å². The van der Waals surface area contributed by atoms with Gasteiger partial charge in [0.2, 0.25) is 0 Å². The molecular weight excluding hydrogens is 287 g/mol. The van der Waals surface area contributed by atoms with E-state index in [4.69, 9.17) is 9.47 Å². The third-order valence-corrected chi connectivity index (χ3v) is 2.92. The number of hydrogen-bond acceptors (Lipinski definition) is 4. The molecule has 0 radical (unpaired) electrons. The molecule has 1 heterocycles. The van der Waals surface area contributed by atoms with E-state index in [2.05, 4.69) is 10.6 Å². The van der Waals surface area contributed by atoms with Crippen molar-refractivity contribution in [3.63, 3.8) is 0 Å². The summed E-state index contributed by atoms with van der Waals surface area (Å²) in [5, 5.41) is 6.83. The third kappa shape index (κ3) is 6.34. The lowest BCUT2D eigenvalue weighted by atomic mass is 10.2. The van der Waals surface area contributed by atoms with E-state index < -0.39 is 0 Å². The summed E-state index contributed by atoms with van der Waals surface area (Å²) in [5.41, 5.74) is 0. The molecule has 6 heteroatoms. The highest BCUT2D eigenvalue weighted by atomic mass is 35.5. The summed E-state index contributed by atoms with van der Waals surface area (Å²) >= 11 is 0. The first-order valence-electron chi connectivity index (χ1n) is 6.09. The average molecular weight is 309 g/mol. The SMILES string of the molecule is COc1ccc(OCCC2CNCCN2)cc1.Cl.Cl. The Morgan fingerprint density at radius 3 is 2.37 bits per heavy atom. The summed E-state index contributed by atoms with van der Waals surface area (Å²) < 4.78 is 10.8. The number of methoxy groups -OCH3 is 1. The lowest BCUT2D eigenvalue weighted by Gasteiger charge is -2.24. The molecule has 1 saturated heterocycles. The number of benzene rings is 1. The van der Waals surface area contributed by atoms with Crippen molar-refractivity contribution in [3.8, 4) is 11.5 Å². The van der Waals surface area contributed by atoms with Crippen LogP contribution in [0.5, 0.6) is 11.5 Å². The van der Waals surface area contributed by atoms with Gasteiger partial charge >= 0.3 is 0 Å². The molecular formula is C13H22Cl2N2O2. The fourth-order valence-electron chi connectivity index (χ4n) is 1.91. The highest BCUT2D eigenvalue weighted by molar-refractivity contribution is 5.85. The molecule has 0 aliphatic carbocycles. The van der Waals surface area contributed by atoms with Crippen molar-refractivity contribution < 1.29 is 9.47 Å². The Labute approximate surface area is 127 Å². The predicted molar refractivity (Wildman–Crippen MR) is 82.3 cm³/mol. The van der Waals surface area contributed by atoms with Gasteiger partial charge in [0.25, 0.3) is 0 Å². The zero-order valence-electron chi connectivity index (χ0n) is 11.1. The summed E-state index contributed by atoms with van der Waals surface area (Å²) in [6.07, 6.45) is 1.03. The second-order valence-corrected chi connectivity index (χ2v) is 4.17. The molecule has 0 amide bonds. The Morgan fingerprint density at radius 2 is 1.79 bits per heavy atom. The molecule has 1 unspecified atom stereocenters. The van der Waals surface area contributed by atoms with E-state index in [-0.39, 0.29) is 24.8 Å². The average Bonchev–Trinajstić information content (AvgIpc) is 2.41. The van der Waals surface area contributed by atoms with Gasteiger partial charge < -0.3 is 20.1 Å². The molecule has 2 rings (SSSR count). The van der Waals surface area contributed by atoms with Crippen LogP contribution < -0.4 is 20.1 Å². The zero-order chi connectivity index (χ0) is 11.9. The molecule has 0 spiro atoms. The predicted octanol–water partition coefficient (Wildman–Crippen LogP) is 1.87. The maximum atomic E-state index is 5.68. The molecule has 4 nitrogen and oxygen atoms in total. The van der Waals surface area contributed by atoms with Gasteiger partial charge in [-0.25, -0.2) is 0 Å². The standard InChI is InChI=1S/C13H20N2O2.2ClH/c1-16-12-2-4-13(5-3-12)17-9-6-11-10-14-7-8-15-11;;/h2-5,11,14-15H,6-10H2,1H3;2*1H. The highest BCUT2D eigenvalue weighted by Gasteiger charge is 2.11. The van der Waals surface area contributed by atoms with Gasteiger partial charge in [0, 0.05) is 25.7 Å². The lowest BCUT2D eigenvalue weighted by Crippen LogP contribution is -2.48. The number of halogens is 2. The Hall–Kier alpha value is -0.680. The summed E-state index contributed by atoms with van der Waals surface area (Å²) in [4.78, 5) is 0. The van der Waals surface area contributed by atoms with Crippen LogP contribution in [0.25, 0.3) is 0 Å². The quantitative estimate of drug-likeness (QED) is 0.871. The molecule has 1 aromatic carbocycles. The second-order valence-electron chi connectivity index (χ2n) is 4.17. The molecule has 0 saturated carbocycles. The maximum Gasteiger partial charge on any atom is 0.119 e. The van der Waals surface area contributed by atoms with E-state index in [9.17, 15) is 0 Å². The van der Waals surface area contributed by atoms with Gasteiger partial charge in [-0.15, -0.1) is 24.8 Å². The Kier molecular flexibility index (Phi) is 9.79. The summed E-state index contributed by atoms with van der Waals surface area (Å²) in [7, 11) is 1.66. The smallest absolute Gasteiger partial charge is 0.119 e. The van der Waals surface area contributed by atoms with Gasteiger partial charge in [0.05, 0.1) is 13.7 Å². The summed E-state index contributed by atoms with van der Waals surface area (Å²) in [6.45, 7) is 3.89. The molecule has 0 bridgehead atoms. The third-order valence-electron chi connectivity index (χ3n) is 2.92. The fraction of sp³-hybridized carbons (Fsp3) is 0.538. The van der Waals surface area contributed by atoms with Crippen LogP contribution in [0.2, 0.25) is 0 Å². The number of rotatable bonds is 5. The van der Waals surface area contributed by atoms with Gasteiger partial charge in [-0.05, 0) is 30.7 Å². The van der Waals surface area contributed by atoms with Crippen molar-refractivity contribution in [2.45, 2.75) is 12.5 Å². The summed E-state index contributed by atoms with van der Waals surface area (Å²) in [6, 6.07) is 8.23. The van der Waals surface area contributed by atoms with Gasteiger partial charge in [-0.2, -0.15) is 0 Å². The van der Waals surface area contributed by atoms with E-state index in [0.717, 1.165) is 44.2 Å². The van der Waals surface area contributed by atoms with Gasteiger partial charge in [0.15, 0.2) is 0 Å². The van der Waals surface area contributed by atoms with E-state index in [0.29, 0.717) is 6.04 Å². The number of piperazine rings is 1. The van der Waals surface area contributed by atoms with E-state index in [1.807, 2.05) is 24.3 Å². The number of nitrogens with one attached hydrogen (secondary N) is 2. The molecule has 0 aromatic heterocycles. The monoisotopic (exact) mass is 308 g/mol. The van der Waals surface area contributed by atoms with Gasteiger partial charge in [-0.3, -0.25) is 0 Å². The Bertz CT molecular complexity index is 330. The zero-order valence-corrected chi connectivity index (χ0v) is 12.7. The molecule has 1 aliphatic rings. The molecule has 2 N–H and O–H groups in total. The minimum absolute atomic E-state index is 0. The minimum Gasteiger partial charge on any atom is -0.497 e. The Balaban J connectivity index is 0.00000162. The molecule has 1 atom stereocenters. The van der Waals surface area contributed by atoms with E-state index >= 15 is 0 Å². The first-order chi connectivity index (χ1) is 8.38.